The zero-order valence-corrected chi connectivity index (χ0v) is 10.6. The minimum atomic E-state index is -0.447. The molecule has 0 spiro atoms. The Labute approximate surface area is 110 Å². The SMILES string of the molecule is O=[N+]([O-])c1cc(Cl)ccc1NCC1CCC(O)C1. The lowest BCUT2D eigenvalue weighted by Gasteiger charge is -2.12. The second kappa shape index (κ2) is 5.54. The lowest BCUT2D eigenvalue weighted by molar-refractivity contribution is -0.383. The molecule has 6 heteroatoms. The molecule has 0 radical (unpaired) electrons. The molecule has 5 nitrogen and oxygen atoms in total. The number of nitrogens with one attached hydrogen (secondary N) is 1. The minimum absolute atomic E-state index is 0.0129. The van der Waals surface area contributed by atoms with Crippen LogP contribution in [-0.4, -0.2) is 22.7 Å². The summed E-state index contributed by atoms with van der Waals surface area (Å²) in [6.07, 6.45) is 2.30. The van der Waals surface area contributed by atoms with Crippen LogP contribution in [0.15, 0.2) is 18.2 Å². The first kappa shape index (κ1) is 13.1. The van der Waals surface area contributed by atoms with Gasteiger partial charge in [0, 0.05) is 17.6 Å². The molecule has 0 aromatic heterocycles. The molecule has 1 aliphatic rings. The van der Waals surface area contributed by atoms with E-state index in [0.717, 1.165) is 19.3 Å². The van der Waals surface area contributed by atoms with Gasteiger partial charge in [-0.15, -0.1) is 0 Å². The number of hydrogen-bond acceptors (Lipinski definition) is 4. The van der Waals surface area contributed by atoms with Crippen molar-refractivity contribution in [3.05, 3.63) is 33.3 Å². The Morgan fingerprint density at radius 3 is 2.89 bits per heavy atom. The molecule has 18 heavy (non-hydrogen) atoms. The van der Waals surface area contributed by atoms with Gasteiger partial charge in [0.2, 0.25) is 0 Å². The fourth-order valence-corrected chi connectivity index (χ4v) is 2.46. The van der Waals surface area contributed by atoms with Gasteiger partial charge in [0.15, 0.2) is 0 Å². The van der Waals surface area contributed by atoms with Gasteiger partial charge in [-0.1, -0.05) is 11.6 Å². The van der Waals surface area contributed by atoms with Gasteiger partial charge in [0.1, 0.15) is 5.69 Å². The van der Waals surface area contributed by atoms with E-state index >= 15 is 0 Å². The molecular formula is C12H15ClN2O3. The van der Waals surface area contributed by atoms with Gasteiger partial charge in [-0.2, -0.15) is 0 Å². The second-order valence-corrected chi connectivity index (χ2v) is 5.07. The van der Waals surface area contributed by atoms with Crippen LogP contribution in [0, 0.1) is 16.0 Å². The Morgan fingerprint density at radius 2 is 2.28 bits per heavy atom. The number of halogens is 1. The molecule has 0 heterocycles. The maximum Gasteiger partial charge on any atom is 0.293 e. The monoisotopic (exact) mass is 270 g/mol. The standard InChI is InChI=1S/C12H15ClN2O3/c13-9-2-4-11(12(6-9)15(17)18)14-7-8-1-3-10(16)5-8/h2,4,6,8,10,14,16H,1,3,5,7H2. The van der Waals surface area contributed by atoms with E-state index in [1.54, 1.807) is 12.1 Å². The number of hydrogen-bond donors (Lipinski definition) is 2. The van der Waals surface area contributed by atoms with Gasteiger partial charge in [0.25, 0.3) is 5.69 Å². The van der Waals surface area contributed by atoms with E-state index in [-0.39, 0.29) is 11.8 Å². The van der Waals surface area contributed by atoms with E-state index in [0.29, 0.717) is 23.2 Å². The third kappa shape index (κ3) is 3.11. The number of aliphatic hydroxyl groups excluding tert-OH is 1. The highest BCUT2D eigenvalue weighted by molar-refractivity contribution is 6.30. The summed E-state index contributed by atoms with van der Waals surface area (Å²) in [5.74, 6) is 0.371. The van der Waals surface area contributed by atoms with Gasteiger partial charge in [-0.05, 0) is 37.3 Å². The predicted molar refractivity (Wildman–Crippen MR) is 69.9 cm³/mol. The van der Waals surface area contributed by atoms with Gasteiger partial charge in [0.05, 0.1) is 11.0 Å². The molecule has 0 aliphatic heterocycles. The molecule has 1 fully saturated rings. The van der Waals surface area contributed by atoms with Crippen molar-refractivity contribution in [2.75, 3.05) is 11.9 Å². The maximum atomic E-state index is 10.9. The smallest absolute Gasteiger partial charge is 0.293 e. The van der Waals surface area contributed by atoms with E-state index in [1.807, 2.05) is 0 Å². The van der Waals surface area contributed by atoms with Crippen molar-refractivity contribution in [1.82, 2.24) is 0 Å². The summed E-state index contributed by atoms with van der Waals surface area (Å²) in [6.45, 7) is 0.638. The molecule has 0 bridgehead atoms. The van der Waals surface area contributed by atoms with Crippen LogP contribution in [-0.2, 0) is 0 Å². The summed E-state index contributed by atoms with van der Waals surface area (Å²) >= 11 is 5.74. The minimum Gasteiger partial charge on any atom is -0.393 e. The van der Waals surface area contributed by atoms with Crippen molar-refractivity contribution in [2.45, 2.75) is 25.4 Å². The topological polar surface area (TPSA) is 75.4 Å². The van der Waals surface area contributed by atoms with Crippen molar-refractivity contribution in [2.24, 2.45) is 5.92 Å². The first-order chi connectivity index (χ1) is 8.56. The zero-order chi connectivity index (χ0) is 13.1. The molecule has 2 unspecified atom stereocenters. The molecule has 1 aromatic rings. The van der Waals surface area contributed by atoms with Gasteiger partial charge >= 0.3 is 0 Å². The quantitative estimate of drug-likeness (QED) is 0.652. The summed E-state index contributed by atoms with van der Waals surface area (Å²) in [6, 6.07) is 4.58. The first-order valence-electron chi connectivity index (χ1n) is 5.92. The first-order valence-corrected chi connectivity index (χ1v) is 6.30. The van der Waals surface area contributed by atoms with Gasteiger partial charge in [-0.3, -0.25) is 10.1 Å². The van der Waals surface area contributed by atoms with Crippen molar-refractivity contribution in [1.29, 1.82) is 0 Å². The normalized spacial score (nSPS) is 23.0. The van der Waals surface area contributed by atoms with Crippen LogP contribution in [0.3, 0.4) is 0 Å². The number of aliphatic hydroxyl groups is 1. The number of nitrogens with zero attached hydrogens (tertiary/aromatic N) is 1. The summed E-state index contributed by atoms with van der Waals surface area (Å²) < 4.78 is 0. The fraction of sp³-hybridized carbons (Fsp3) is 0.500. The highest BCUT2D eigenvalue weighted by Gasteiger charge is 2.23. The number of anilines is 1. The third-order valence-electron chi connectivity index (χ3n) is 3.25. The Bertz CT molecular complexity index is 453. The molecule has 0 amide bonds. The average Bonchev–Trinajstić information content (AvgIpc) is 2.73. The molecule has 1 aromatic carbocycles. The van der Waals surface area contributed by atoms with Gasteiger partial charge < -0.3 is 10.4 Å². The largest absolute Gasteiger partial charge is 0.393 e. The summed E-state index contributed by atoms with van der Waals surface area (Å²) in [5.41, 5.74) is 0.465. The number of benzene rings is 1. The molecule has 98 valence electrons. The molecule has 1 saturated carbocycles. The summed E-state index contributed by atoms with van der Waals surface area (Å²) in [5, 5.41) is 23.7. The van der Waals surface area contributed by atoms with Crippen molar-refractivity contribution in [3.63, 3.8) is 0 Å². The predicted octanol–water partition coefficient (Wildman–Crippen LogP) is 2.82. The Balaban J connectivity index is 2.02. The van der Waals surface area contributed by atoms with Crippen molar-refractivity contribution >= 4 is 23.0 Å². The molecule has 2 rings (SSSR count). The van der Waals surface area contributed by atoms with Crippen LogP contribution in [0.1, 0.15) is 19.3 Å². The van der Waals surface area contributed by atoms with Crippen LogP contribution >= 0.6 is 11.6 Å². The maximum absolute atomic E-state index is 10.9. The van der Waals surface area contributed by atoms with Crippen LogP contribution in [0.5, 0.6) is 0 Å². The molecule has 2 N–H and O–H groups in total. The lowest BCUT2D eigenvalue weighted by atomic mass is 10.1. The fourth-order valence-electron chi connectivity index (χ4n) is 2.29. The molecule has 2 atom stereocenters. The lowest BCUT2D eigenvalue weighted by Crippen LogP contribution is -2.13. The van der Waals surface area contributed by atoms with Gasteiger partial charge in [-0.25, -0.2) is 0 Å². The van der Waals surface area contributed by atoms with E-state index < -0.39 is 4.92 Å². The van der Waals surface area contributed by atoms with E-state index in [9.17, 15) is 15.2 Å². The van der Waals surface area contributed by atoms with Crippen LogP contribution < -0.4 is 5.32 Å². The highest BCUT2D eigenvalue weighted by atomic mass is 35.5. The van der Waals surface area contributed by atoms with Crippen molar-refractivity contribution in [3.8, 4) is 0 Å². The Kier molecular flexibility index (Phi) is 4.04. The van der Waals surface area contributed by atoms with E-state index in [4.69, 9.17) is 11.6 Å². The zero-order valence-electron chi connectivity index (χ0n) is 9.80. The van der Waals surface area contributed by atoms with Crippen LogP contribution in [0.25, 0.3) is 0 Å². The average molecular weight is 271 g/mol. The van der Waals surface area contributed by atoms with Crippen LogP contribution in [0.4, 0.5) is 11.4 Å². The molecular weight excluding hydrogens is 256 g/mol. The number of nitro groups is 1. The molecule has 1 aliphatic carbocycles. The Hall–Kier alpha value is -1.33. The second-order valence-electron chi connectivity index (χ2n) is 4.63. The Morgan fingerprint density at radius 1 is 1.50 bits per heavy atom. The molecule has 0 saturated heterocycles. The number of nitro benzene ring substituents is 1. The number of rotatable bonds is 4. The summed E-state index contributed by atoms with van der Waals surface area (Å²) in [4.78, 5) is 10.4. The summed E-state index contributed by atoms with van der Waals surface area (Å²) in [7, 11) is 0. The van der Waals surface area contributed by atoms with Crippen LogP contribution in [0.2, 0.25) is 5.02 Å². The van der Waals surface area contributed by atoms with E-state index in [1.165, 1.54) is 6.07 Å². The van der Waals surface area contributed by atoms with Crippen molar-refractivity contribution < 1.29 is 10.0 Å². The third-order valence-corrected chi connectivity index (χ3v) is 3.49. The van der Waals surface area contributed by atoms with E-state index in [2.05, 4.69) is 5.32 Å². The highest BCUT2D eigenvalue weighted by Crippen LogP contribution is 2.30.